The molecule has 2 aromatic rings. The third kappa shape index (κ3) is 2.17. The van der Waals surface area contributed by atoms with Crippen molar-refractivity contribution in [3.8, 4) is 0 Å². The van der Waals surface area contributed by atoms with Crippen molar-refractivity contribution in [2.75, 3.05) is 6.54 Å². The fraction of sp³-hybridized carbons (Fsp3) is 0.500. The van der Waals surface area contributed by atoms with Gasteiger partial charge in [0.2, 0.25) is 0 Å². The molecule has 2 fully saturated rings. The lowest BCUT2D eigenvalue weighted by molar-refractivity contribution is 0.0307. The molecule has 1 aliphatic carbocycles. The highest BCUT2D eigenvalue weighted by molar-refractivity contribution is 5.38. The van der Waals surface area contributed by atoms with E-state index in [0.29, 0.717) is 12.4 Å². The molecule has 5 nitrogen and oxygen atoms in total. The van der Waals surface area contributed by atoms with E-state index in [1.54, 1.807) is 0 Å². The molecule has 2 atom stereocenters. The number of benzene rings is 1. The fourth-order valence-corrected chi connectivity index (χ4v) is 3.14. The maximum absolute atomic E-state index is 5.83. The molecule has 1 saturated heterocycles. The molecule has 1 saturated carbocycles. The monoisotopic (exact) mass is 285 g/mol. The number of aromatic nitrogens is 2. The number of ether oxygens (including phenoxy) is 1. The van der Waals surface area contributed by atoms with Crippen LogP contribution in [-0.4, -0.2) is 22.8 Å². The first kappa shape index (κ1) is 13.0. The van der Waals surface area contributed by atoms with Gasteiger partial charge >= 0.3 is 0 Å². The van der Waals surface area contributed by atoms with Crippen molar-refractivity contribution in [2.24, 2.45) is 5.73 Å². The minimum atomic E-state index is -0.0913. The molecule has 4 rings (SSSR count). The topological polar surface area (TPSA) is 74.2 Å². The molecule has 21 heavy (non-hydrogen) atoms. The Kier molecular flexibility index (Phi) is 3.05. The van der Waals surface area contributed by atoms with Crippen molar-refractivity contribution in [1.82, 2.24) is 10.1 Å². The SMILES string of the molecule is NCC1CCC(c2nc(C3(c4ccccc4)CC3)no2)O1. The number of nitrogens with zero attached hydrogens (tertiary/aromatic N) is 2. The van der Waals surface area contributed by atoms with Crippen molar-refractivity contribution in [3.05, 3.63) is 47.6 Å². The molecule has 0 radical (unpaired) electrons. The van der Waals surface area contributed by atoms with E-state index in [0.717, 1.165) is 31.5 Å². The summed E-state index contributed by atoms with van der Waals surface area (Å²) >= 11 is 0. The Labute approximate surface area is 123 Å². The minimum Gasteiger partial charge on any atom is -0.364 e. The van der Waals surface area contributed by atoms with E-state index in [-0.39, 0.29) is 17.6 Å². The van der Waals surface area contributed by atoms with Crippen LogP contribution in [0.15, 0.2) is 34.9 Å². The molecule has 2 heterocycles. The van der Waals surface area contributed by atoms with Crippen LogP contribution in [0.2, 0.25) is 0 Å². The maximum Gasteiger partial charge on any atom is 0.255 e. The molecule has 2 N–H and O–H groups in total. The molecule has 5 heteroatoms. The lowest BCUT2D eigenvalue weighted by atomic mass is 9.95. The van der Waals surface area contributed by atoms with Gasteiger partial charge in [0, 0.05) is 6.54 Å². The number of hydrogen-bond acceptors (Lipinski definition) is 5. The molecular formula is C16H19N3O2. The summed E-state index contributed by atoms with van der Waals surface area (Å²) in [4.78, 5) is 4.63. The van der Waals surface area contributed by atoms with Gasteiger partial charge < -0.3 is 15.0 Å². The second kappa shape index (κ2) is 4.93. The molecule has 0 amide bonds. The standard InChI is InChI=1S/C16H19N3O2/c17-10-12-6-7-13(20-12)14-18-15(19-21-14)16(8-9-16)11-4-2-1-3-5-11/h1-5,12-13H,6-10,17H2. The van der Waals surface area contributed by atoms with Crippen molar-refractivity contribution in [1.29, 1.82) is 0 Å². The lowest BCUT2D eigenvalue weighted by Crippen LogP contribution is -2.18. The van der Waals surface area contributed by atoms with Gasteiger partial charge in [-0.15, -0.1) is 0 Å². The summed E-state index contributed by atoms with van der Waals surface area (Å²) in [5, 5.41) is 4.22. The van der Waals surface area contributed by atoms with E-state index < -0.39 is 0 Å². The maximum atomic E-state index is 5.83. The highest BCUT2D eigenvalue weighted by Crippen LogP contribution is 2.52. The molecule has 2 aliphatic rings. The van der Waals surface area contributed by atoms with Gasteiger partial charge in [0.15, 0.2) is 5.82 Å². The summed E-state index contributed by atoms with van der Waals surface area (Å²) < 4.78 is 11.3. The van der Waals surface area contributed by atoms with Crippen molar-refractivity contribution >= 4 is 0 Å². The second-order valence-electron chi connectivity index (χ2n) is 5.96. The summed E-state index contributed by atoms with van der Waals surface area (Å²) in [6.45, 7) is 0.547. The summed E-state index contributed by atoms with van der Waals surface area (Å²) in [7, 11) is 0. The Morgan fingerprint density at radius 3 is 2.67 bits per heavy atom. The zero-order chi connectivity index (χ0) is 14.3. The van der Waals surface area contributed by atoms with Crippen molar-refractivity contribution < 1.29 is 9.26 Å². The van der Waals surface area contributed by atoms with Crippen molar-refractivity contribution in [3.63, 3.8) is 0 Å². The van der Waals surface area contributed by atoms with Gasteiger partial charge in [-0.3, -0.25) is 0 Å². The third-order valence-electron chi connectivity index (χ3n) is 4.59. The van der Waals surface area contributed by atoms with Crippen LogP contribution in [0.5, 0.6) is 0 Å². The van der Waals surface area contributed by atoms with Crippen LogP contribution >= 0.6 is 0 Å². The first-order valence-corrected chi connectivity index (χ1v) is 7.57. The zero-order valence-electron chi connectivity index (χ0n) is 11.9. The fourth-order valence-electron chi connectivity index (χ4n) is 3.14. The average molecular weight is 285 g/mol. The first-order valence-electron chi connectivity index (χ1n) is 7.57. The Morgan fingerprint density at radius 2 is 2.00 bits per heavy atom. The van der Waals surface area contributed by atoms with E-state index in [2.05, 4.69) is 34.4 Å². The Morgan fingerprint density at radius 1 is 1.19 bits per heavy atom. The lowest BCUT2D eigenvalue weighted by Gasteiger charge is -2.10. The smallest absolute Gasteiger partial charge is 0.255 e. The number of nitrogens with two attached hydrogens (primary N) is 1. The van der Waals surface area contributed by atoms with Crippen molar-refractivity contribution in [2.45, 2.75) is 43.3 Å². The van der Waals surface area contributed by atoms with E-state index >= 15 is 0 Å². The van der Waals surface area contributed by atoms with Gasteiger partial charge in [0.1, 0.15) is 6.10 Å². The predicted octanol–water partition coefficient (Wildman–Crippen LogP) is 2.33. The van der Waals surface area contributed by atoms with Crippen LogP contribution in [0.4, 0.5) is 0 Å². The summed E-state index contributed by atoms with van der Waals surface area (Å²) in [6.07, 6.45) is 4.05. The zero-order valence-corrected chi connectivity index (χ0v) is 11.9. The van der Waals surface area contributed by atoms with Gasteiger partial charge in [-0.25, -0.2) is 0 Å². The summed E-state index contributed by atoms with van der Waals surface area (Å²) in [6, 6.07) is 10.4. The molecule has 2 unspecified atom stereocenters. The molecule has 0 spiro atoms. The molecular weight excluding hydrogens is 266 g/mol. The highest BCUT2D eigenvalue weighted by atomic mass is 16.5. The van der Waals surface area contributed by atoms with Crippen LogP contribution < -0.4 is 5.73 Å². The average Bonchev–Trinajstić information content (AvgIpc) is 2.99. The molecule has 1 aliphatic heterocycles. The number of hydrogen-bond donors (Lipinski definition) is 1. The Balaban J connectivity index is 1.58. The number of rotatable bonds is 4. The molecule has 1 aromatic heterocycles. The summed E-state index contributed by atoms with van der Waals surface area (Å²) in [5.41, 5.74) is 6.86. The minimum absolute atomic E-state index is 0.0467. The van der Waals surface area contributed by atoms with Crippen LogP contribution in [-0.2, 0) is 10.2 Å². The van der Waals surface area contributed by atoms with Crippen LogP contribution in [0.1, 0.15) is 49.1 Å². The van der Waals surface area contributed by atoms with Crippen LogP contribution in [0.3, 0.4) is 0 Å². The normalized spacial score (nSPS) is 26.9. The molecule has 110 valence electrons. The molecule has 1 aromatic carbocycles. The van der Waals surface area contributed by atoms with Crippen LogP contribution in [0.25, 0.3) is 0 Å². The van der Waals surface area contributed by atoms with Gasteiger partial charge in [-0.2, -0.15) is 4.98 Å². The first-order chi connectivity index (χ1) is 10.3. The van der Waals surface area contributed by atoms with Crippen LogP contribution in [0, 0.1) is 0 Å². The van der Waals surface area contributed by atoms with E-state index in [1.165, 1.54) is 5.56 Å². The van der Waals surface area contributed by atoms with Gasteiger partial charge in [0.25, 0.3) is 5.89 Å². The van der Waals surface area contributed by atoms with Gasteiger partial charge in [0.05, 0.1) is 11.5 Å². The summed E-state index contributed by atoms with van der Waals surface area (Å²) in [5.74, 6) is 1.40. The van der Waals surface area contributed by atoms with Gasteiger partial charge in [-0.05, 0) is 31.2 Å². The quantitative estimate of drug-likeness (QED) is 0.933. The predicted molar refractivity (Wildman–Crippen MR) is 76.7 cm³/mol. The second-order valence-corrected chi connectivity index (χ2v) is 5.96. The van der Waals surface area contributed by atoms with E-state index in [4.69, 9.17) is 15.0 Å². The Bertz CT molecular complexity index is 621. The van der Waals surface area contributed by atoms with E-state index in [9.17, 15) is 0 Å². The van der Waals surface area contributed by atoms with E-state index in [1.807, 2.05) is 6.07 Å². The van der Waals surface area contributed by atoms with Gasteiger partial charge in [-0.1, -0.05) is 35.5 Å². The third-order valence-corrected chi connectivity index (χ3v) is 4.59. The largest absolute Gasteiger partial charge is 0.364 e. The highest BCUT2D eigenvalue weighted by Gasteiger charge is 2.50. The molecule has 0 bridgehead atoms. The Hall–Kier alpha value is -1.72.